The first-order valence-corrected chi connectivity index (χ1v) is 11.0. The van der Waals surface area contributed by atoms with Crippen molar-refractivity contribution in [2.75, 3.05) is 12.4 Å². The number of amides is 1. The van der Waals surface area contributed by atoms with Gasteiger partial charge in [0, 0.05) is 25.7 Å². The van der Waals surface area contributed by atoms with Crippen LogP contribution < -0.4 is 5.32 Å². The number of benzene rings is 1. The van der Waals surface area contributed by atoms with E-state index in [0.29, 0.717) is 0 Å². The molecule has 1 aromatic carbocycles. The standard InChI is InChI=1S/C21H23N3O6S/c1-13(2)21(26)30-14(3)29-19-15-9-5-6-10-16(15)31(27,28)24(4)18(19)20(25)23-17-11-7-8-12-22-17/h5-14H,1-4H3,(H,22,23,25). The molecule has 2 heterocycles. The zero-order valence-electron chi connectivity index (χ0n) is 17.5. The van der Waals surface area contributed by atoms with Gasteiger partial charge in [0.05, 0.1) is 10.8 Å². The fourth-order valence-corrected chi connectivity index (χ4v) is 4.28. The molecule has 1 amide bonds. The third-order valence-electron chi connectivity index (χ3n) is 4.46. The fraction of sp³-hybridized carbons (Fsp3) is 0.286. The third-order valence-corrected chi connectivity index (χ3v) is 6.27. The second-order valence-electron chi connectivity index (χ2n) is 7.09. The Hall–Kier alpha value is -3.40. The molecule has 0 radical (unpaired) electrons. The maximum atomic E-state index is 13.1. The molecule has 0 bridgehead atoms. The number of pyridine rings is 1. The second kappa shape index (κ2) is 8.76. The normalized spacial score (nSPS) is 15.8. The third kappa shape index (κ3) is 4.53. The van der Waals surface area contributed by atoms with E-state index in [9.17, 15) is 18.0 Å². The molecule has 0 aliphatic carbocycles. The largest absolute Gasteiger partial charge is 0.452 e. The number of fused-ring (bicyclic) bond motifs is 1. The summed E-state index contributed by atoms with van der Waals surface area (Å²) in [5.41, 5.74) is -0.0592. The molecule has 1 atom stereocenters. The van der Waals surface area contributed by atoms with Crippen LogP contribution in [-0.4, -0.2) is 42.9 Å². The van der Waals surface area contributed by atoms with E-state index in [1.54, 1.807) is 44.2 Å². The summed E-state index contributed by atoms with van der Waals surface area (Å²) in [5, 5.41) is 2.57. The molecule has 164 valence electrons. The fourth-order valence-electron chi connectivity index (χ4n) is 2.88. The van der Waals surface area contributed by atoms with E-state index >= 15 is 0 Å². The summed E-state index contributed by atoms with van der Waals surface area (Å²) in [6, 6.07) is 11.1. The van der Waals surface area contributed by atoms with Gasteiger partial charge in [-0.2, -0.15) is 0 Å². The minimum Gasteiger partial charge on any atom is -0.452 e. The lowest BCUT2D eigenvalue weighted by Gasteiger charge is -2.31. The van der Waals surface area contributed by atoms with Gasteiger partial charge in [-0.15, -0.1) is 0 Å². The number of carbonyl (C=O) groups excluding carboxylic acids is 2. The van der Waals surface area contributed by atoms with Crippen molar-refractivity contribution in [3.63, 3.8) is 0 Å². The lowest BCUT2D eigenvalue weighted by Crippen LogP contribution is -2.38. The highest BCUT2D eigenvalue weighted by atomic mass is 32.2. The predicted molar refractivity (Wildman–Crippen MR) is 113 cm³/mol. The van der Waals surface area contributed by atoms with Gasteiger partial charge < -0.3 is 14.8 Å². The monoisotopic (exact) mass is 445 g/mol. The van der Waals surface area contributed by atoms with Crippen LogP contribution in [0.3, 0.4) is 0 Å². The summed E-state index contributed by atoms with van der Waals surface area (Å²) in [5.74, 6) is -1.39. The van der Waals surface area contributed by atoms with Crippen molar-refractivity contribution in [1.82, 2.24) is 9.29 Å². The smallest absolute Gasteiger partial charge is 0.311 e. The molecule has 0 saturated heterocycles. The van der Waals surface area contributed by atoms with Crippen LogP contribution in [0.2, 0.25) is 0 Å². The summed E-state index contributed by atoms with van der Waals surface area (Å²) in [4.78, 5) is 29.1. The van der Waals surface area contributed by atoms with Gasteiger partial charge >= 0.3 is 5.97 Å². The zero-order chi connectivity index (χ0) is 22.8. The van der Waals surface area contributed by atoms with Crippen LogP contribution in [0.25, 0.3) is 5.76 Å². The van der Waals surface area contributed by atoms with Crippen LogP contribution >= 0.6 is 0 Å². The number of nitrogens with one attached hydrogen (secondary N) is 1. The quantitative estimate of drug-likeness (QED) is 0.537. The number of nitrogens with zero attached hydrogens (tertiary/aromatic N) is 2. The van der Waals surface area contributed by atoms with Crippen molar-refractivity contribution in [2.24, 2.45) is 5.92 Å². The maximum Gasteiger partial charge on any atom is 0.311 e. The van der Waals surface area contributed by atoms with Gasteiger partial charge in [-0.1, -0.05) is 32.0 Å². The molecule has 31 heavy (non-hydrogen) atoms. The first-order valence-electron chi connectivity index (χ1n) is 9.55. The topological polar surface area (TPSA) is 115 Å². The maximum absolute atomic E-state index is 13.1. The van der Waals surface area contributed by atoms with Crippen molar-refractivity contribution in [2.45, 2.75) is 32.0 Å². The van der Waals surface area contributed by atoms with Gasteiger partial charge in [0.1, 0.15) is 5.82 Å². The van der Waals surface area contributed by atoms with Gasteiger partial charge in [-0.3, -0.25) is 13.9 Å². The summed E-state index contributed by atoms with van der Waals surface area (Å²) in [6.07, 6.45) is 0.427. The zero-order valence-corrected chi connectivity index (χ0v) is 18.3. The summed E-state index contributed by atoms with van der Waals surface area (Å²) in [7, 11) is -2.75. The molecule has 0 fully saturated rings. The Morgan fingerprint density at radius 2 is 1.74 bits per heavy atom. The number of anilines is 1. The minimum atomic E-state index is -4.01. The molecule has 10 heteroatoms. The van der Waals surface area contributed by atoms with Crippen LogP contribution in [0, 0.1) is 5.92 Å². The van der Waals surface area contributed by atoms with Crippen molar-refractivity contribution < 1.29 is 27.5 Å². The number of hydrogen-bond acceptors (Lipinski definition) is 7. The van der Waals surface area contributed by atoms with Crippen LogP contribution in [0.5, 0.6) is 0 Å². The molecule has 1 unspecified atom stereocenters. The molecule has 1 aliphatic rings. The minimum absolute atomic E-state index is 0.0228. The van der Waals surface area contributed by atoms with Crippen molar-refractivity contribution >= 4 is 33.5 Å². The van der Waals surface area contributed by atoms with E-state index in [2.05, 4.69) is 10.3 Å². The number of likely N-dealkylation sites (N-methyl/N-ethyl adjacent to an activating group) is 1. The molecule has 1 aliphatic heterocycles. The molecule has 0 saturated carbocycles. The number of ether oxygens (including phenoxy) is 2. The number of carbonyl (C=O) groups is 2. The highest BCUT2D eigenvalue weighted by molar-refractivity contribution is 7.89. The number of hydrogen-bond donors (Lipinski definition) is 1. The first-order chi connectivity index (χ1) is 14.6. The van der Waals surface area contributed by atoms with E-state index in [4.69, 9.17) is 9.47 Å². The van der Waals surface area contributed by atoms with E-state index in [-0.39, 0.29) is 33.7 Å². The van der Waals surface area contributed by atoms with Gasteiger partial charge in [-0.05, 0) is 24.3 Å². The Labute approximate surface area is 180 Å². The highest BCUT2D eigenvalue weighted by Crippen LogP contribution is 2.37. The van der Waals surface area contributed by atoms with Crippen LogP contribution in [0.4, 0.5) is 5.82 Å². The Morgan fingerprint density at radius 3 is 2.39 bits per heavy atom. The molecular formula is C21H23N3O6S. The Morgan fingerprint density at radius 1 is 1.06 bits per heavy atom. The summed E-state index contributed by atoms with van der Waals surface area (Å²) < 4.78 is 38.0. The lowest BCUT2D eigenvalue weighted by molar-refractivity contribution is -0.168. The average molecular weight is 445 g/mol. The Bertz CT molecular complexity index is 1130. The Kier molecular flexibility index (Phi) is 6.30. The van der Waals surface area contributed by atoms with Gasteiger partial charge in [0.25, 0.3) is 15.9 Å². The molecule has 1 aromatic heterocycles. The number of aromatic nitrogens is 1. The molecule has 2 aromatic rings. The average Bonchev–Trinajstić information content (AvgIpc) is 2.73. The summed E-state index contributed by atoms with van der Waals surface area (Å²) >= 11 is 0. The van der Waals surface area contributed by atoms with Crippen LogP contribution in [0.15, 0.2) is 59.3 Å². The van der Waals surface area contributed by atoms with E-state index in [0.717, 1.165) is 4.31 Å². The van der Waals surface area contributed by atoms with Crippen molar-refractivity contribution in [3.8, 4) is 0 Å². The number of esters is 1. The van der Waals surface area contributed by atoms with Crippen molar-refractivity contribution in [3.05, 3.63) is 59.9 Å². The summed E-state index contributed by atoms with van der Waals surface area (Å²) in [6.45, 7) is 4.85. The Balaban J connectivity index is 2.08. The number of sulfonamides is 1. The highest BCUT2D eigenvalue weighted by Gasteiger charge is 2.39. The van der Waals surface area contributed by atoms with Crippen LogP contribution in [0.1, 0.15) is 26.3 Å². The second-order valence-corrected chi connectivity index (χ2v) is 9.03. The SMILES string of the molecule is CC(OC(=O)C(C)C)OC1=C(C(=O)Nc2ccccn2)N(C)S(=O)(=O)c2ccccc21. The van der Waals surface area contributed by atoms with Crippen LogP contribution in [-0.2, 0) is 29.1 Å². The molecule has 1 N–H and O–H groups in total. The van der Waals surface area contributed by atoms with E-state index < -0.39 is 28.2 Å². The molecular weight excluding hydrogens is 422 g/mol. The van der Waals surface area contributed by atoms with Gasteiger partial charge in [0.15, 0.2) is 11.5 Å². The lowest BCUT2D eigenvalue weighted by atomic mass is 10.1. The molecule has 9 nitrogen and oxygen atoms in total. The molecule has 0 spiro atoms. The van der Waals surface area contributed by atoms with Crippen molar-refractivity contribution in [1.29, 1.82) is 0 Å². The first kappa shape index (κ1) is 22.3. The van der Waals surface area contributed by atoms with E-state index in [1.165, 1.54) is 32.3 Å². The van der Waals surface area contributed by atoms with Gasteiger partial charge in [-0.25, -0.2) is 13.4 Å². The predicted octanol–water partition coefficient (Wildman–Crippen LogP) is 2.58. The van der Waals surface area contributed by atoms with Gasteiger partial charge in [0.2, 0.25) is 6.29 Å². The van der Waals surface area contributed by atoms with E-state index in [1.807, 2.05) is 0 Å². The number of rotatable bonds is 6. The molecule has 3 rings (SSSR count).